The summed E-state index contributed by atoms with van der Waals surface area (Å²) in [5.41, 5.74) is 1.72. The minimum absolute atomic E-state index is 0.0429. The molecule has 1 N–H and O–H groups in total. The molecule has 122 valence electrons. The Morgan fingerprint density at radius 3 is 3.00 bits per heavy atom. The van der Waals surface area contributed by atoms with Gasteiger partial charge in [0.25, 0.3) is 0 Å². The number of hydrogen-bond acceptors (Lipinski definition) is 4. The lowest BCUT2D eigenvalue weighted by atomic mass is 10.1. The minimum Gasteiger partial charge on any atom is -0.331 e. The van der Waals surface area contributed by atoms with Gasteiger partial charge in [0.1, 0.15) is 0 Å². The monoisotopic (exact) mass is 322 g/mol. The van der Waals surface area contributed by atoms with Crippen LogP contribution in [-0.2, 0) is 6.54 Å². The second-order valence-corrected chi connectivity index (χ2v) is 5.81. The van der Waals surface area contributed by atoms with Crippen LogP contribution in [0, 0.1) is 0 Å². The van der Waals surface area contributed by atoms with Crippen molar-refractivity contribution in [1.29, 1.82) is 0 Å². The molecule has 3 aromatic rings. The zero-order valence-electron chi connectivity index (χ0n) is 13.2. The van der Waals surface area contributed by atoms with Crippen molar-refractivity contribution >= 4 is 11.7 Å². The number of urea groups is 1. The van der Waals surface area contributed by atoms with Gasteiger partial charge in [0, 0.05) is 18.9 Å². The average molecular weight is 322 g/mol. The summed E-state index contributed by atoms with van der Waals surface area (Å²) in [4.78, 5) is 18.8. The molecule has 4 rings (SSSR count). The lowest BCUT2D eigenvalue weighted by Crippen LogP contribution is -2.39. The first-order valence-corrected chi connectivity index (χ1v) is 8.07. The first-order valence-electron chi connectivity index (χ1n) is 8.07. The zero-order valence-corrected chi connectivity index (χ0v) is 13.2. The standard InChI is InChI=1S/C17H18N6O/c24-17(19-12-16-21-20-15-8-2-4-10-23(15)16)22-11-5-7-14(22)13-6-1-3-9-18-13/h1-4,6,8-10,14H,5,7,11-12H2,(H,19,24). The van der Waals surface area contributed by atoms with Crippen LogP contribution in [0.25, 0.3) is 5.65 Å². The molecule has 7 nitrogen and oxygen atoms in total. The van der Waals surface area contributed by atoms with E-state index in [-0.39, 0.29) is 12.1 Å². The predicted molar refractivity (Wildman–Crippen MR) is 88.1 cm³/mol. The SMILES string of the molecule is O=C(NCc1nnc2ccccn12)N1CCCC1c1ccccn1. The molecule has 0 spiro atoms. The van der Waals surface area contributed by atoms with E-state index in [2.05, 4.69) is 20.5 Å². The lowest BCUT2D eigenvalue weighted by Gasteiger charge is -2.24. The van der Waals surface area contributed by atoms with Crippen LogP contribution in [0.15, 0.2) is 48.8 Å². The lowest BCUT2D eigenvalue weighted by molar-refractivity contribution is 0.191. The topological polar surface area (TPSA) is 75.4 Å². The highest BCUT2D eigenvalue weighted by Crippen LogP contribution is 2.30. The summed E-state index contributed by atoms with van der Waals surface area (Å²) in [5, 5.41) is 11.2. The van der Waals surface area contributed by atoms with Crippen molar-refractivity contribution in [2.75, 3.05) is 6.54 Å². The van der Waals surface area contributed by atoms with Gasteiger partial charge in [-0.2, -0.15) is 0 Å². The Hall–Kier alpha value is -2.96. The van der Waals surface area contributed by atoms with Crippen LogP contribution in [0.3, 0.4) is 0 Å². The fourth-order valence-corrected chi connectivity index (χ4v) is 3.16. The van der Waals surface area contributed by atoms with E-state index in [1.54, 1.807) is 6.20 Å². The predicted octanol–water partition coefficient (Wildman–Crippen LogP) is 2.17. The van der Waals surface area contributed by atoms with E-state index >= 15 is 0 Å². The van der Waals surface area contributed by atoms with Crippen molar-refractivity contribution in [2.24, 2.45) is 0 Å². The Bertz CT molecular complexity index is 846. The van der Waals surface area contributed by atoms with Crippen LogP contribution in [-0.4, -0.2) is 37.1 Å². The molecule has 1 aliphatic rings. The number of likely N-dealkylation sites (tertiary alicyclic amines) is 1. The van der Waals surface area contributed by atoms with Gasteiger partial charge in [-0.05, 0) is 37.1 Å². The second-order valence-electron chi connectivity index (χ2n) is 5.81. The van der Waals surface area contributed by atoms with Crippen LogP contribution in [0.1, 0.15) is 30.4 Å². The molecule has 3 aromatic heterocycles. The molecule has 0 aliphatic carbocycles. The molecule has 4 heterocycles. The van der Waals surface area contributed by atoms with Gasteiger partial charge >= 0.3 is 6.03 Å². The van der Waals surface area contributed by atoms with Gasteiger partial charge in [-0.3, -0.25) is 9.38 Å². The van der Waals surface area contributed by atoms with Gasteiger partial charge in [-0.15, -0.1) is 10.2 Å². The number of rotatable bonds is 3. The maximum Gasteiger partial charge on any atom is 0.318 e. The van der Waals surface area contributed by atoms with Crippen molar-refractivity contribution in [2.45, 2.75) is 25.4 Å². The highest BCUT2D eigenvalue weighted by Gasteiger charge is 2.30. The quantitative estimate of drug-likeness (QED) is 0.802. The molecule has 1 aliphatic heterocycles. The number of amides is 2. The first kappa shape index (κ1) is 14.6. The molecule has 1 saturated heterocycles. The van der Waals surface area contributed by atoms with Crippen molar-refractivity contribution < 1.29 is 4.79 Å². The first-order chi connectivity index (χ1) is 11.8. The number of nitrogens with zero attached hydrogens (tertiary/aromatic N) is 5. The van der Waals surface area contributed by atoms with E-state index in [4.69, 9.17) is 0 Å². The third kappa shape index (κ3) is 2.68. The fraction of sp³-hybridized carbons (Fsp3) is 0.294. The second kappa shape index (κ2) is 6.27. The number of fused-ring (bicyclic) bond motifs is 1. The molecule has 2 amide bonds. The Morgan fingerprint density at radius 2 is 2.12 bits per heavy atom. The van der Waals surface area contributed by atoms with Crippen LogP contribution in [0.4, 0.5) is 4.79 Å². The molecular formula is C17H18N6O. The van der Waals surface area contributed by atoms with Gasteiger partial charge in [-0.25, -0.2) is 4.79 Å². The van der Waals surface area contributed by atoms with Gasteiger partial charge < -0.3 is 10.2 Å². The number of hydrogen-bond donors (Lipinski definition) is 1. The van der Waals surface area contributed by atoms with Crippen molar-refractivity contribution in [3.05, 3.63) is 60.3 Å². The number of nitrogens with one attached hydrogen (secondary N) is 1. The summed E-state index contributed by atoms with van der Waals surface area (Å²) < 4.78 is 1.88. The molecular weight excluding hydrogens is 304 g/mol. The Balaban J connectivity index is 1.46. The summed E-state index contributed by atoms with van der Waals surface area (Å²) >= 11 is 0. The van der Waals surface area contributed by atoms with E-state index in [1.165, 1.54) is 0 Å². The van der Waals surface area contributed by atoms with E-state index in [1.807, 2.05) is 51.9 Å². The highest BCUT2D eigenvalue weighted by atomic mass is 16.2. The van der Waals surface area contributed by atoms with Gasteiger partial charge in [0.15, 0.2) is 11.5 Å². The molecule has 1 fully saturated rings. The molecule has 0 bridgehead atoms. The third-order valence-electron chi connectivity index (χ3n) is 4.32. The number of carbonyl (C=O) groups excluding carboxylic acids is 1. The fourth-order valence-electron chi connectivity index (χ4n) is 3.16. The van der Waals surface area contributed by atoms with Gasteiger partial charge in [0.05, 0.1) is 18.3 Å². The summed E-state index contributed by atoms with van der Waals surface area (Å²) in [5.74, 6) is 0.715. The Labute approximate surface area is 139 Å². The number of pyridine rings is 2. The van der Waals surface area contributed by atoms with Gasteiger partial charge in [0.2, 0.25) is 0 Å². The number of aromatic nitrogens is 4. The molecule has 0 saturated carbocycles. The maximum absolute atomic E-state index is 12.6. The van der Waals surface area contributed by atoms with Crippen molar-refractivity contribution in [3.8, 4) is 0 Å². The van der Waals surface area contributed by atoms with Crippen molar-refractivity contribution in [1.82, 2.24) is 29.8 Å². The summed E-state index contributed by atoms with van der Waals surface area (Å²) in [6, 6.07) is 11.5. The highest BCUT2D eigenvalue weighted by molar-refractivity contribution is 5.75. The van der Waals surface area contributed by atoms with E-state index in [0.29, 0.717) is 12.4 Å². The van der Waals surface area contributed by atoms with E-state index < -0.39 is 0 Å². The molecule has 1 atom stereocenters. The van der Waals surface area contributed by atoms with Crippen LogP contribution in [0.2, 0.25) is 0 Å². The normalized spacial score (nSPS) is 17.3. The van der Waals surface area contributed by atoms with Crippen LogP contribution in [0.5, 0.6) is 0 Å². The molecule has 1 unspecified atom stereocenters. The molecule has 24 heavy (non-hydrogen) atoms. The molecule has 0 radical (unpaired) electrons. The largest absolute Gasteiger partial charge is 0.331 e. The van der Waals surface area contributed by atoms with Crippen LogP contribution < -0.4 is 5.32 Å². The Kier molecular flexibility index (Phi) is 3.82. The maximum atomic E-state index is 12.6. The molecule has 7 heteroatoms. The summed E-state index contributed by atoms with van der Waals surface area (Å²) in [7, 11) is 0. The summed E-state index contributed by atoms with van der Waals surface area (Å²) in [6.07, 6.45) is 5.59. The third-order valence-corrected chi connectivity index (χ3v) is 4.32. The number of carbonyl (C=O) groups is 1. The van der Waals surface area contributed by atoms with E-state index in [0.717, 1.165) is 30.7 Å². The summed E-state index contributed by atoms with van der Waals surface area (Å²) in [6.45, 7) is 1.09. The molecule has 0 aromatic carbocycles. The smallest absolute Gasteiger partial charge is 0.318 e. The minimum atomic E-state index is -0.0872. The van der Waals surface area contributed by atoms with Gasteiger partial charge in [-0.1, -0.05) is 12.1 Å². The Morgan fingerprint density at radius 1 is 1.21 bits per heavy atom. The van der Waals surface area contributed by atoms with Crippen LogP contribution >= 0.6 is 0 Å². The van der Waals surface area contributed by atoms with Crippen molar-refractivity contribution in [3.63, 3.8) is 0 Å². The average Bonchev–Trinajstić information content (AvgIpc) is 3.28. The zero-order chi connectivity index (χ0) is 16.4. The van der Waals surface area contributed by atoms with E-state index in [9.17, 15) is 4.79 Å².